The monoisotopic (exact) mass is 368 g/mol. The SMILES string of the molecule is C=N/C(=C\CCC(C)(C)C(C)=O)c1ccc(C(C)C)cc1.Cc1ncco1. The number of Topliss-reactive ketones (excluding diaryl/α,β-unsaturated/α-hetero) is 1. The minimum absolute atomic E-state index is 0.227. The van der Waals surface area contributed by atoms with Gasteiger partial charge >= 0.3 is 0 Å². The molecule has 4 heteroatoms. The highest BCUT2D eigenvalue weighted by Gasteiger charge is 2.22. The van der Waals surface area contributed by atoms with Gasteiger partial charge in [-0.25, -0.2) is 4.98 Å². The highest BCUT2D eigenvalue weighted by Crippen LogP contribution is 2.26. The van der Waals surface area contributed by atoms with E-state index in [1.165, 1.54) is 5.56 Å². The third-order valence-corrected chi connectivity index (χ3v) is 4.66. The predicted octanol–water partition coefficient (Wildman–Crippen LogP) is 6.23. The molecule has 1 aromatic heterocycles. The Morgan fingerprint density at radius 1 is 1.30 bits per heavy atom. The lowest BCUT2D eigenvalue weighted by Crippen LogP contribution is -2.20. The van der Waals surface area contributed by atoms with E-state index in [0.717, 1.165) is 30.0 Å². The first kappa shape index (κ1) is 22.6. The average molecular weight is 369 g/mol. The summed E-state index contributed by atoms with van der Waals surface area (Å²) in [7, 11) is 0. The topological polar surface area (TPSA) is 55.5 Å². The zero-order valence-corrected chi connectivity index (χ0v) is 17.5. The van der Waals surface area contributed by atoms with Gasteiger partial charge in [-0.3, -0.25) is 9.79 Å². The summed E-state index contributed by atoms with van der Waals surface area (Å²) >= 11 is 0. The Labute approximate surface area is 163 Å². The van der Waals surface area contributed by atoms with Crippen molar-refractivity contribution in [2.45, 2.75) is 60.3 Å². The van der Waals surface area contributed by atoms with E-state index in [0.29, 0.717) is 5.92 Å². The largest absolute Gasteiger partial charge is 0.449 e. The van der Waals surface area contributed by atoms with E-state index in [-0.39, 0.29) is 11.2 Å². The number of nitrogens with zero attached hydrogens (tertiary/aromatic N) is 2. The van der Waals surface area contributed by atoms with Crippen LogP contribution in [0, 0.1) is 12.3 Å². The van der Waals surface area contributed by atoms with Crippen LogP contribution in [0.1, 0.15) is 70.4 Å². The van der Waals surface area contributed by atoms with Gasteiger partial charge in [0, 0.05) is 12.3 Å². The minimum Gasteiger partial charge on any atom is -0.449 e. The van der Waals surface area contributed by atoms with E-state index in [2.05, 4.69) is 60.9 Å². The summed E-state index contributed by atoms with van der Waals surface area (Å²) in [6, 6.07) is 8.45. The molecule has 4 nitrogen and oxygen atoms in total. The fourth-order valence-electron chi connectivity index (χ4n) is 2.35. The van der Waals surface area contributed by atoms with Crippen molar-refractivity contribution >= 4 is 18.2 Å². The zero-order chi connectivity index (χ0) is 20.4. The molecule has 1 aromatic carbocycles. The van der Waals surface area contributed by atoms with Gasteiger partial charge in [-0.15, -0.1) is 0 Å². The van der Waals surface area contributed by atoms with Crippen molar-refractivity contribution in [3.8, 4) is 0 Å². The summed E-state index contributed by atoms with van der Waals surface area (Å²) in [6.45, 7) is 15.5. The molecule has 0 fully saturated rings. The third-order valence-electron chi connectivity index (χ3n) is 4.66. The number of allylic oxidation sites excluding steroid dienone is 1. The molecule has 0 amide bonds. The van der Waals surface area contributed by atoms with Crippen LogP contribution in [0.3, 0.4) is 0 Å². The molecule has 0 aliphatic rings. The van der Waals surface area contributed by atoms with Crippen LogP contribution in [-0.2, 0) is 4.79 Å². The Kier molecular flexibility index (Phi) is 8.86. The predicted molar refractivity (Wildman–Crippen MR) is 113 cm³/mol. The second kappa shape index (κ2) is 10.6. The van der Waals surface area contributed by atoms with Crippen molar-refractivity contribution in [2.75, 3.05) is 0 Å². The van der Waals surface area contributed by atoms with Crippen LogP contribution in [0.25, 0.3) is 5.70 Å². The number of rotatable bonds is 7. The lowest BCUT2D eigenvalue weighted by Gasteiger charge is -2.19. The lowest BCUT2D eigenvalue weighted by atomic mass is 9.84. The van der Waals surface area contributed by atoms with Gasteiger partial charge in [0.25, 0.3) is 0 Å². The van der Waals surface area contributed by atoms with Gasteiger partial charge in [-0.1, -0.05) is 58.0 Å². The van der Waals surface area contributed by atoms with Gasteiger partial charge in [-0.05, 0) is 43.5 Å². The van der Waals surface area contributed by atoms with E-state index < -0.39 is 0 Å². The lowest BCUT2D eigenvalue weighted by molar-refractivity contribution is -0.125. The van der Waals surface area contributed by atoms with E-state index in [9.17, 15) is 4.79 Å². The summed E-state index contributed by atoms with van der Waals surface area (Å²) < 4.78 is 4.72. The third kappa shape index (κ3) is 7.73. The smallest absolute Gasteiger partial charge is 0.190 e. The van der Waals surface area contributed by atoms with Crippen molar-refractivity contribution in [1.29, 1.82) is 0 Å². The number of carbonyl (C=O) groups is 1. The van der Waals surface area contributed by atoms with E-state index in [4.69, 9.17) is 4.42 Å². The van der Waals surface area contributed by atoms with E-state index in [1.807, 2.05) is 13.8 Å². The average Bonchev–Trinajstić information content (AvgIpc) is 3.10. The molecule has 2 rings (SSSR count). The molecule has 0 N–H and O–H groups in total. The molecule has 0 saturated carbocycles. The molecule has 27 heavy (non-hydrogen) atoms. The van der Waals surface area contributed by atoms with Crippen LogP contribution in [0.4, 0.5) is 0 Å². The van der Waals surface area contributed by atoms with Gasteiger partial charge in [-0.2, -0.15) is 0 Å². The quantitative estimate of drug-likeness (QED) is 0.544. The summed E-state index contributed by atoms with van der Waals surface area (Å²) in [5, 5.41) is 0. The number of aliphatic imine (C=N–C) groups is 1. The number of ketones is 1. The molecular formula is C23H32N2O2. The van der Waals surface area contributed by atoms with Crippen LogP contribution < -0.4 is 0 Å². The Morgan fingerprint density at radius 3 is 2.30 bits per heavy atom. The Balaban J connectivity index is 0.000000511. The fourth-order valence-corrected chi connectivity index (χ4v) is 2.35. The normalized spacial score (nSPS) is 11.7. The molecule has 0 unspecified atom stereocenters. The molecule has 2 aromatic rings. The fraction of sp³-hybridized carbons (Fsp3) is 0.435. The first-order valence-corrected chi connectivity index (χ1v) is 9.31. The second-order valence-corrected chi connectivity index (χ2v) is 7.55. The van der Waals surface area contributed by atoms with Crippen LogP contribution in [0.15, 0.2) is 52.2 Å². The van der Waals surface area contributed by atoms with Crippen LogP contribution in [0.2, 0.25) is 0 Å². The minimum atomic E-state index is -0.274. The van der Waals surface area contributed by atoms with Crippen LogP contribution in [0.5, 0.6) is 0 Å². The van der Waals surface area contributed by atoms with Crippen molar-refractivity contribution in [3.63, 3.8) is 0 Å². The number of carbonyl (C=O) groups excluding carboxylic acids is 1. The van der Waals surface area contributed by atoms with E-state index in [1.54, 1.807) is 26.3 Å². The molecule has 0 aliphatic carbocycles. The van der Waals surface area contributed by atoms with Crippen LogP contribution >= 0.6 is 0 Å². The maximum Gasteiger partial charge on any atom is 0.190 e. The Bertz CT molecular complexity index is 739. The first-order chi connectivity index (χ1) is 12.7. The van der Waals surface area contributed by atoms with Gasteiger partial charge in [0.05, 0.1) is 11.9 Å². The summed E-state index contributed by atoms with van der Waals surface area (Å²) in [4.78, 5) is 19.4. The molecule has 146 valence electrons. The van der Waals surface area contributed by atoms with E-state index >= 15 is 0 Å². The maximum atomic E-state index is 11.5. The van der Waals surface area contributed by atoms with Crippen molar-refractivity contribution in [2.24, 2.45) is 10.4 Å². The highest BCUT2D eigenvalue weighted by atomic mass is 16.3. The molecule has 0 saturated heterocycles. The number of hydrogen-bond acceptors (Lipinski definition) is 4. The zero-order valence-electron chi connectivity index (χ0n) is 17.5. The first-order valence-electron chi connectivity index (χ1n) is 9.31. The number of aromatic nitrogens is 1. The molecule has 0 spiro atoms. The highest BCUT2D eigenvalue weighted by molar-refractivity contribution is 5.81. The van der Waals surface area contributed by atoms with Gasteiger partial charge in [0.1, 0.15) is 12.0 Å². The van der Waals surface area contributed by atoms with Crippen molar-refractivity contribution in [1.82, 2.24) is 4.98 Å². The van der Waals surface area contributed by atoms with Gasteiger partial charge < -0.3 is 4.42 Å². The van der Waals surface area contributed by atoms with Gasteiger partial charge in [0.2, 0.25) is 0 Å². The summed E-state index contributed by atoms with van der Waals surface area (Å²) in [5.41, 5.74) is 3.02. The van der Waals surface area contributed by atoms with Crippen molar-refractivity contribution < 1.29 is 9.21 Å². The summed E-state index contributed by atoms with van der Waals surface area (Å²) in [6.07, 6.45) is 6.89. The molecule has 0 aliphatic heterocycles. The Hall–Kier alpha value is -2.49. The maximum absolute atomic E-state index is 11.5. The molecular weight excluding hydrogens is 336 g/mol. The second-order valence-electron chi connectivity index (χ2n) is 7.55. The standard InChI is InChI=1S/C19H27NO.C4H5NO/c1-14(2)16-9-11-17(12-10-16)18(20-6)8-7-13-19(4,5)15(3)21;1-4-5-2-3-6-4/h8-12,14H,6-7,13H2,1-5H3;2-3H,1H3/b18-8-;. The van der Waals surface area contributed by atoms with Gasteiger partial charge in [0.15, 0.2) is 5.89 Å². The Morgan fingerprint density at radius 2 is 1.93 bits per heavy atom. The molecule has 1 heterocycles. The number of benzene rings is 1. The van der Waals surface area contributed by atoms with Crippen molar-refractivity contribution in [3.05, 3.63) is 59.8 Å². The number of oxazole rings is 1. The number of aryl methyl sites for hydroxylation is 1. The molecule has 0 bridgehead atoms. The molecule has 0 radical (unpaired) electrons. The van der Waals surface area contributed by atoms with Crippen LogP contribution in [-0.4, -0.2) is 17.5 Å². The number of hydrogen-bond donors (Lipinski definition) is 0. The molecule has 0 atom stereocenters. The summed E-state index contributed by atoms with van der Waals surface area (Å²) in [5.74, 6) is 1.47.